The maximum absolute atomic E-state index is 11.9. The predicted octanol–water partition coefficient (Wildman–Crippen LogP) is 2.33. The minimum atomic E-state index is 0.0248. The van der Waals surface area contributed by atoms with Gasteiger partial charge in [-0.25, -0.2) is 9.78 Å². The van der Waals surface area contributed by atoms with Gasteiger partial charge in [0.1, 0.15) is 5.01 Å². The van der Waals surface area contributed by atoms with E-state index in [0.29, 0.717) is 13.1 Å². The number of aryl methyl sites for hydroxylation is 1. The molecule has 0 fully saturated rings. The summed E-state index contributed by atoms with van der Waals surface area (Å²) in [4.78, 5) is 16.5. The smallest absolute Gasteiger partial charge is 0.300 e. The Hall–Kier alpha value is -1.88. The van der Waals surface area contributed by atoms with Gasteiger partial charge in [0.25, 0.3) is 0 Å². The van der Waals surface area contributed by atoms with Gasteiger partial charge < -0.3 is 0 Å². The second-order valence-corrected chi connectivity index (χ2v) is 5.19. The Balaban J connectivity index is 1.96. The van der Waals surface area contributed by atoms with Gasteiger partial charge in [-0.15, -0.1) is 11.3 Å². The van der Waals surface area contributed by atoms with Gasteiger partial charge in [0.05, 0.1) is 16.8 Å². The molecule has 0 atom stereocenters. The topological polar surface area (TPSA) is 39.8 Å². The first-order valence-electron chi connectivity index (χ1n) is 5.88. The SMILES string of the molecule is CCn1ccn(Cc2nc3ccccc3s2)c1=O. The molecule has 0 spiro atoms. The lowest BCUT2D eigenvalue weighted by Gasteiger charge is -1.96. The van der Waals surface area contributed by atoms with Crippen molar-refractivity contribution in [1.29, 1.82) is 0 Å². The minimum absolute atomic E-state index is 0.0248. The van der Waals surface area contributed by atoms with Crippen molar-refractivity contribution in [2.75, 3.05) is 0 Å². The summed E-state index contributed by atoms with van der Waals surface area (Å²) in [6.07, 6.45) is 3.63. The van der Waals surface area contributed by atoms with E-state index in [0.717, 1.165) is 15.2 Å². The Morgan fingerprint density at radius 3 is 2.72 bits per heavy atom. The highest BCUT2D eigenvalue weighted by Crippen LogP contribution is 2.21. The zero-order chi connectivity index (χ0) is 12.5. The molecule has 0 amide bonds. The summed E-state index contributed by atoms with van der Waals surface area (Å²) in [5, 5.41) is 0.965. The third-order valence-electron chi connectivity index (χ3n) is 2.90. The molecule has 3 rings (SSSR count). The van der Waals surface area contributed by atoms with E-state index >= 15 is 0 Å². The van der Waals surface area contributed by atoms with Crippen molar-refractivity contribution in [2.24, 2.45) is 0 Å². The summed E-state index contributed by atoms with van der Waals surface area (Å²) < 4.78 is 4.55. The highest BCUT2D eigenvalue weighted by molar-refractivity contribution is 7.18. The van der Waals surface area contributed by atoms with Crippen LogP contribution in [0.4, 0.5) is 0 Å². The number of benzene rings is 1. The fraction of sp³-hybridized carbons (Fsp3) is 0.231. The molecule has 2 heterocycles. The molecule has 0 radical (unpaired) electrons. The fourth-order valence-corrected chi connectivity index (χ4v) is 2.91. The number of rotatable bonds is 3. The number of fused-ring (bicyclic) bond motifs is 1. The van der Waals surface area contributed by atoms with E-state index in [1.165, 1.54) is 0 Å². The molecule has 0 N–H and O–H groups in total. The Kier molecular flexibility index (Phi) is 2.76. The van der Waals surface area contributed by atoms with E-state index < -0.39 is 0 Å². The second-order valence-electron chi connectivity index (χ2n) is 4.07. The van der Waals surface area contributed by atoms with Gasteiger partial charge in [-0.3, -0.25) is 9.13 Å². The van der Waals surface area contributed by atoms with Gasteiger partial charge >= 0.3 is 5.69 Å². The molecule has 2 aromatic heterocycles. The first-order valence-corrected chi connectivity index (χ1v) is 6.69. The van der Waals surface area contributed by atoms with Gasteiger partial charge in [0.2, 0.25) is 0 Å². The van der Waals surface area contributed by atoms with E-state index in [1.807, 2.05) is 37.5 Å². The zero-order valence-corrected chi connectivity index (χ0v) is 10.9. The molecule has 92 valence electrons. The maximum Gasteiger partial charge on any atom is 0.328 e. The number of aromatic nitrogens is 3. The quantitative estimate of drug-likeness (QED) is 0.724. The molecular weight excluding hydrogens is 246 g/mol. The first-order chi connectivity index (χ1) is 8.78. The zero-order valence-electron chi connectivity index (χ0n) is 10.0. The number of imidazole rings is 1. The average Bonchev–Trinajstić information content (AvgIpc) is 2.94. The van der Waals surface area contributed by atoms with Crippen LogP contribution in [0, 0.1) is 0 Å². The number of nitrogens with zero attached hydrogens (tertiary/aromatic N) is 3. The summed E-state index contributed by atoms with van der Waals surface area (Å²) in [5.41, 5.74) is 1.03. The Morgan fingerprint density at radius 1 is 1.22 bits per heavy atom. The molecule has 1 aromatic carbocycles. The van der Waals surface area contributed by atoms with Gasteiger partial charge in [-0.2, -0.15) is 0 Å². The van der Waals surface area contributed by atoms with E-state index in [-0.39, 0.29) is 5.69 Å². The van der Waals surface area contributed by atoms with Crippen molar-refractivity contribution in [2.45, 2.75) is 20.0 Å². The van der Waals surface area contributed by atoms with Gasteiger partial charge in [0, 0.05) is 18.9 Å². The standard InChI is InChI=1S/C13H13N3OS/c1-2-15-7-8-16(13(15)17)9-12-14-10-5-3-4-6-11(10)18-12/h3-8H,2,9H2,1H3. The molecule has 5 heteroatoms. The molecule has 18 heavy (non-hydrogen) atoms. The molecule has 0 aliphatic heterocycles. The van der Waals surface area contributed by atoms with Crippen LogP contribution in [-0.2, 0) is 13.1 Å². The molecule has 0 unspecified atom stereocenters. The lowest BCUT2D eigenvalue weighted by atomic mass is 10.3. The van der Waals surface area contributed by atoms with Crippen molar-refractivity contribution in [1.82, 2.24) is 14.1 Å². The number of hydrogen-bond donors (Lipinski definition) is 0. The van der Waals surface area contributed by atoms with E-state index in [4.69, 9.17) is 0 Å². The van der Waals surface area contributed by atoms with Crippen molar-refractivity contribution in [3.8, 4) is 0 Å². The van der Waals surface area contributed by atoms with E-state index in [2.05, 4.69) is 11.1 Å². The van der Waals surface area contributed by atoms with Crippen LogP contribution in [0.3, 0.4) is 0 Å². The molecule has 0 saturated carbocycles. The Bertz CT molecular complexity index is 705. The summed E-state index contributed by atoms with van der Waals surface area (Å²) in [5.74, 6) is 0. The number of thiazole rings is 1. The molecule has 4 nitrogen and oxygen atoms in total. The fourth-order valence-electron chi connectivity index (χ4n) is 1.95. The van der Waals surface area contributed by atoms with Gasteiger partial charge in [-0.05, 0) is 19.1 Å². The molecular formula is C13H13N3OS. The molecule has 0 aliphatic rings. The third-order valence-corrected chi connectivity index (χ3v) is 3.92. The van der Waals surface area contributed by atoms with Crippen LogP contribution in [0.25, 0.3) is 10.2 Å². The largest absolute Gasteiger partial charge is 0.328 e. The highest BCUT2D eigenvalue weighted by atomic mass is 32.1. The lowest BCUT2D eigenvalue weighted by molar-refractivity contribution is 0.667. The summed E-state index contributed by atoms with van der Waals surface area (Å²) in [7, 11) is 0. The Labute approximate surface area is 108 Å². The first kappa shape index (κ1) is 11.2. The van der Waals surface area contributed by atoms with Crippen molar-refractivity contribution < 1.29 is 0 Å². The summed E-state index contributed by atoms with van der Waals surface area (Å²) >= 11 is 1.64. The second kappa shape index (κ2) is 4.42. The normalized spacial score (nSPS) is 11.2. The predicted molar refractivity (Wildman–Crippen MR) is 73.1 cm³/mol. The van der Waals surface area contributed by atoms with Crippen molar-refractivity contribution >= 4 is 21.6 Å². The Morgan fingerprint density at radius 2 is 2.00 bits per heavy atom. The average molecular weight is 259 g/mol. The van der Waals surface area contributed by atoms with Crippen LogP contribution < -0.4 is 5.69 Å². The van der Waals surface area contributed by atoms with Crippen LogP contribution >= 0.6 is 11.3 Å². The molecule has 0 bridgehead atoms. The van der Waals surface area contributed by atoms with Crippen molar-refractivity contribution in [3.05, 3.63) is 52.2 Å². The van der Waals surface area contributed by atoms with Crippen LogP contribution in [0.15, 0.2) is 41.5 Å². The highest BCUT2D eigenvalue weighted by Gasteiger charge is 2.06. The molecule has 3 aromatic rings. The van der Waals surface area contributed by atoms with Crippen LogP contribution in [0.2, 0.25) is 0 Å². The van der Waals surface area contributed by atoms with E-state index in [1.54, 1.807) is 20.5 Å². The van der Waals surface area contributed by atoms with Gasteiger partial charge in [-0.1, -0.05) is 12.1 Å². The maximum atomic E-state index is 11.9. The number of hydrogen-bond acceptors (Lipinski definition) is 3. The molecule has 0 saturated heterocycles. The minimum Gasteiger partial charge on any atom is -0.300 e. The third kappa shape index (κ3) is 1.86. The van der Waals surface area contributed by atoms with Crippen molar-refractivity contribution in [3.63, 3.8) is 0 Å². The number of para-hydroxylation sites is 1. The van der Waals surface area contributed by atoms with Crippen LogP contribution in [-0.4, -0.2) is 14.1 Å². The summed E-state index contributed by atoms with van der Waals surface area (Å²) in [6.45, 7) is 3.21. The monoisotopic (exact) mass is 259 g/mol. The van der Waals surface area contributed by atoms with Crippen LogP contribution in [0.5, 0.6) is 0 Å². The lowest BCUT2D eigenvalue weighted by Crippen LogP contribution is -2.23. The van der Waals surface area contributed by atoms with E-state index in [9.17, 15) is 4.79 Å². The summed E-state index contributed by atoms with van der Waals surface area (Å²) in [6, 6.07) is 8.03. The van der Waals surface area contributed by atoms with Gasteiger partial charge in [0.15, 0.2) is 0 Å². The molecule has 0 aliphatic carbocycles. The van der Waals surface area contributed by atoms with Crippen LogP contribution in [0.1, 0.15) is 11.9 Å².